The van der Waals surface area contributed by atoms with Gasteiger partial charge in [-0.15, -0.1) is 0 Å². The van der Waals surface area contributed by atoms with E-state index in [-0.39, 0.29) is 18.0 Å². The quantitative estimate of drug-likeness (QED) is 0.872. The van der Waals surface area contributed by atoms with Gasteiger partial charge in [-0.3, -0.25) is 9.59 Å². The first kappa shape index (κ1) is 17.3. The van der Waals surface area contributed by atoms with Gasteiger partial charge in [0.1, 0.15) is 0 Å². The molecular formula is C16H18F3NO3. The van der Waals surface area contributed by atoms with Crippen molar-refractivity contribution in [2.75, 3.05) is 0 Å². The maximum atomic E-state index is 13.2. The Kier molecular flexibility index (Phi) is 5.28. The number of benzene rings is 1. The van der Waals surface area contributed by atoms with Crippen molar-refractivity contribution < 1.29 is 27.9 Å². The van der Waals surface area contributed by atoms with E-state index in [2.05, 4.69) is 5.32 Å². The number of carbonyl (C=O) groups is 2. The van der Waals surface area contributed by atoms with Crippen LogP contribution in [0.5, 0.6) is 0 Å². The van der Waals surface area contributed by atoms with Crippen LogP contribution in [-0.4, -0.2) is 29.2 Å². The molecule has 0 saturated heterocycles. The predicted molar refractivity (Wildman–Crippen MR) is 76.8 cm³/mol. The van der Waals surface area contributed by atoms with Crippen LogP contribution in [0.3, 0.4) is 0 Å². The van der Waals surface area contributed by atoms with Gasteiger partial charge in [0.25, 0.3) is 0 Å². The van der Waals surface area contributed by atoms with E-state index in [1.165, 1.54) is 24.3 Å². The van der Waals surface area contributed by atoms with E-state index < -0.39 is 36.3 Å². The number of carboxylic acid groups (broad SMARTS) is 1. The number of alkyl halides is 3. The van der Waals surface area contributed by atoms with Gasteiger partial charge in [0.05, 0.1) is 11.8 Å². The Labute approximate surface area is 131 Å². The Morgan fingerprint density at radius 3 is 2.39 bits per heavy atom. The summed E-state index contributed by atoms with van der Waals surface area (Å²) in [7, 11) is 0. The molecule has 2 N–H and O–H groups in total. The minimum Gasteiger partial charge on any atom is -0.481 e. The molecule has 1 amide bonds. The summed E-state index contributed by atoms with van der Waals surface area (Å²) in [5.41, 5.74) is 0.0463. The summed E-state index contributed by atoms with van der Waals surface area (Å²) < 4.78 is 39.6. The van der Waals surface area contributed by atoms with Gasteiger partial charge in [-0.25, -0.2) is 0 Å². The highest BCUT2D eigenvalue weighted by atomic mass is 19.4. The average molecular weight is 329 g/mol. The SMILES string of the molecule is O=C(CC(c1ccccc1)C(F)(F)F)N[C@H]1CC[C@@H](C(=O)O)C1. The molecule has 0 aliphatic heterocycles. The molecule has 0 bridgehead atoms. The molecule has 1 aliphatic rings. The van der Waals surface area contributed by atoms with Crippen LogP contribution < -0.4 is 5.32 Å². The topological polar surface area (TPSA) is 66.4 Å². The second kappa shape index (κ2) is 7.02. The van der Waals surface area contributed by atoms with E-state index in [1.54, 1.807) is 6.07 Å². The minimum atomic E-state index is -4.52. The molecule has 1 aliphatic carbocycles. The first-order valence-corrected chi connectivity index (χ1v) is 7.41. The third-order valence-corrected chi connectivity index (χ3v) is 4.13. The van der Waals surface area contributed by atoms with Gasteiger partial charge in [0, 0.05) is 12.5 Å². The van der Waals surface area contributed by atoms with Gasteiger partial charge < -0.3 is 10.4 Å². The van der Waals surface area contributed by atoms with Crippen molar-refractivity contribution in [3.63, 3.8) is 0 Å². The van der Waals surface area contributed by atoms with Crippen molar-refractivity contribution >= 4 is 11.9 Å². The highest BCUT2D eigenvalue weighted by molar-refractivity contribution is 5.78. The molecule has 126 valence electrons. The predicted octanol–water partition coefficient (Wildman–Crippen LogP) is 3.09. The third-order valence-electron chi connectivity index (χ3n) is 4.13. The number of hydrogen-bond donors (Lipinski definition) is 2. The van der Waals surface area contributed by atoms with E-state index in [0.717, 1.165) is 0 Å². The number of hydrogen-bond acceptors (Lipinski definition) is 2. The molecule has 2 rings (SSSR count). The fourth-order valence-corrected chi connectivity index (χ4v) is 2.92. The molecule has 0 aromatic heterocycles. The smallest absolute Gasteiger partial charge is 0.396 e. The minimum absolute atomic E-state index is 0.0463. The standard InChI is InChI=1S/C16H18F3NO3/c17-16(18,19)13(10-4-2-1-3-5-10)9-14(21)20-12-7-6-11(8-12)15(22)23/h1-5,11-13H,6-9H2,(H,20,21)(H,22,23)/t11-,12+,13?/m1/s1. The molecule has 1 saturated carbocycles. The van der Waals surface area contributed by atoms with Crippen LogP contribution >= 0.6 is 0 Å². The van der Waals surface area contributed by atoms with Crippen LogP contribution in [-0.2, 0) is 9.59 Å². The van der Waals surface area contributed by atoms with Gasteiger partial charge in [0.15, 0.2) is 0 Å². The monoisotopic (exact) mass is 329 g/mol. The number of nitrogens with one attached hydrogen (secondary N) is 1. The molecular weight excluding hydrogens is 311 g/mol. The first-order valence-electron chi connectivity index (χ1n) is 7.41. The zero-order chi connectivity index (χ0) is 17.0. The fourth-order valence-electron chi connectivity index (χ4n) is 2.92. The Hall–Kier alpha value is -2.05. The molecule has 1 unspecified atom stereocenters. The number of carboxylic acids is 1. The van der Waals surface area contributed by atoms with Crippen LogP contribution in [0.4, 0.5) is 13.2 Å². The van der Waals surface area contributed by atoms with Crippen molar-refractivity contribution in [2.45, 2.75) is 43.8 Å². The number of aliphatic carboxylic acids is 1. The summed E-state index contributed by atoms with van der Waals surface area (Å²) in [6, 6.07) is 6.94. The first-order chi connectivity index (χ1) is 10.8. The van der Waals surface area contributed by atoms with Gasteiger partial charge in [-0.05, 0) is 24.8 Å². The third kappa shape index (κ3) is 4.71. The highest BCUT2D eigenvalue weighted by Crippen LogP contribution is 2.37. The molecule has 7 heteroatoms. The zero-order valence-electron chi connectivity index (χ0n) is 12.3. The fraction of sp³-hybridized carbons (Fsp3) is 0.500. The summed E-state index contributed by atoms with van der Waals surface area (Å²) in [4.78, 5) is 22.8. The van der Waals surface area contributed by atoms with E-state index in [1.807, 2.05) is 0 Å². The molecule has 1 aromatic rings. The highest BCUT2D eigenvalue weighted by Gasteiger charge is 2.42. The van der Waals surface area contributed by atoms with Gasteiger partial charge in [0.2, 0.25) is 5.91 Å². The van der Waals surface area contributed by atoms with Crippen molar-refractivity contribution in [2.24, 2.45) is 5.92 Å². The zero-order valence-corrected chi connectivity index (χ0v) is 12.3. The largest absolute Gasteiger partial charge is 0.481 e. The van der Waals surface area contributed by atoms with Crippen LogP contribution in [0, 0.1) is 5.92 Å². The van der Waals surface area contributed by atoms with Gasteiger partial charge >= 0.3 is 12.1 Å². The lowest BCUT2D eigenvalue weighted by atomic mass is 9.94. The lowest BCUT2D eigenvalue weighted by molar-refractivity contribution is -0.157. The molecule has 3 atom stereocenters. The second-order valence-corrected chi connectivity index (χ2v) is 5.82. The average Bonchev–Trinajstić information content (AvgIpc) is 2.93. The maximum absolute atomic E-state index is 13.2. The summed E-state index contributed by atoms with van der Waals surface area (Å²) in [6.45, 7) is 0. The Bertz CT molecular complexity index is 559. The molecule has 0 heterocycles. The van der Waals surface area contributed by atoms with Crippen molar-refractivity contribution in [1.29, 1.82) is 0 Å². The molecule has 1 aromatic carbocycles. The van der Waals surface area contributed by atoms with Crippen LogP contribution in [0.1, 0.15) is 37.2 Å². The molecule has 0 radical (unpaired) electrons. The Morgan fingerprint density at radius 2 is 1.87 bits per heavy atom. The van der Waals surface area contributed by atoms with Crippen molar-refractivity contribution in [3.05, 3.63) is 35.9 Å². The number of rotatable bonds is 5. The maximum Gasteiger partial charge on any atom is 0.396 e. The molecule has 1 fully saturated rings. The Balaban J connectivity index is 1.98. The van der Waals surface area contributed by atoms with E-state index in [9.17, 15) is 22.8 Å². The van der Waals surface area contributed by atoms with Crippen molar-refractivity contribution in [1.82, 2.24) is 5.32 Å². The van der Waals surface area contributed by atoms with Crippen molar-refractivity contribution in [3.8, 4) is 0 Å². The summed E-state index contributed by atoms with van der Waals surface area (Å²) in [5.74, 6) is -4.03. The van der Waals surface area contributed by atoms with Crippen LogP contribution in [0.2, 0.25) is 0 Å². The summed E-state index contributed by atoms with van der Waals surface area (Å²) in [5, 5.41) is 11.4. The normalized spacial score (nSPS) is 22.6. The lowest BCUT2D eigenvalue weighted by Gasteiger charge is -2.21. The van der Waals surface area contributed by atoms with E-state index in [4.69, 9.17) is 5.11 Å². The van der Waals surface area contributed by atoms with E-state index in [0.29, 0.717) is 12.8 Å². The van der Waals surface area contributed by atoms with Crippen LogP contribution in [0.25, 0.3) is 0 Å². The number of carbonyl (C=O) groups excluding carboxylic acids is 1. The molecule has 4 nitrogen and oxygen atoms in total. The summed E-state index contributed by atoms with van der Waals surface area (Å²) in [6.07, 6.45) is -4.03. The second-order valence-electron chi connectivity index (χ2n) is 5.82. The van der Waals surface area contributed by atoms with Gasteiger partial charge in [-0.1, -0.05) is 30.3 Å². The molecule has 23 heavy (non-hydrogen) atoms. The number of halogens is 3. The Morgan fingerprint density at radius 1 is 1.22 bits per heavy atom. The lowest BCUT2D eigenvalue weighted by Crippen LogP contribution is -2.36. The van der Waals surface area contributed by atoms with Crippen LogP contribution in [0.15, 0.2) is 30.3 Å². The summed E-state index contributed by atoms with van der Waals surface area (Å²) >= 11 is 0. The number of amides is 1. The van der Waals surface area contributed by atoms with Gasteiger partial charge in [-0.2, -0.15) is 13.2 Å². The van der Waals surface area contributed by atoms with E-state index >= 15 is 0 Å². The molecule has 0 spiro atoms.